The molecule has 0 radical (unpaired) electrons. The van der Waals surface area contributed by atoms with Gasteiger partial charge in [0.1, 0.15) is 0 Å². The van der Waals surface area contributed by atoms with E-state index in [1.807, 2.05) is 14.1 Å². The monoisotopic (exact) mass is 299 g/mol. The van der Waals surface area contributed by atoms with E-state index in [0.29, 0.717) is 17.6 Å². The van der Waals surface area contributed by atoms with Crippen molar-refractivity contribution >= 4 is 21.1 Å². The van der Waals surface area contributed by atoms with Gasteiger partial charge in [0.15, 0.2) is 0 Å². The molecule has 8 heteroatoms. The second-order valence-corrected chi connectivity index (χ2v) is 6.76. The Balaban J connectivity index is 2.12. The van der Waals surface area contributed by atoms with E-state index in [2.05, 4.69) is 14.7 Å². The predicted octanol–water partition coefficient (Wildman–Crippen LogP) is -1.33. The Morgan fingerprint density at radius 1 is 1.20 bits per heavy atom. The number of nitrogens with one attached hydrogen (secondary N) is 4. The number of sulfonamides is 1. The van der Waals surface area contributed by atoms with Crippen LogP contribution in [-0.2, 0) is 10.0 Å². The molecule has 7 nitrogen and oxygen atoms in total. The molecular formula is C12H19N4O3S+. The van der Waals surface area contributed by atoms with Gasteiger partial charge in [-0.3, -0.25) is 0 Å². The molecule has 0 unspecified atom stereocenters. The summed E-state index contributed by atoms with van der Waals surface area (Å²) in [6.07, 6.45) is 0.769. The van der Waals surface area contributed by atoms with Crippen molar-refractivity contribution in [2.24, 2.45) is 0 Å². The van der Waals surface area contributed by atoms with Crippen molar-refractivity contribution in [1.29, 1.82) is 0 Å². The van der Waals surface area contributed by atoms with Gasteiger partial charge in [-0.1, -0.05) is 0 Å². The number of rotatable bonds is 6. The molecule has 1 aromatic carbocycles. The molecule has 0 saturated carbocycles. The third-order valence-electron chi connectivity index (χ3n) is 2.94. The lowest BCUT2D eigenvalue weighted by atomic mass is 10.3. The largest absolute Gasteiger partial charge is 0.340 e. The van der Waals surface area contributed by atoms with Crippen LogP contribution >= 0.6 is 0 Å². The standard InChI is InChI=1S/C12H18N4O3S/c1-16(2)7-3-6-13-20(18,19)9-4-5-10-11(8-9)15-12(17)14-10/h4-5,8,13H,3,6-7H2,1-2H3,(H2,14,15,17)/p+1. The fourth-order valence-electron chi connectivity index (χ4n) is 1.91. The van der Waals surface area contributed by atoms with Crippen LogP contribution < -0.4 is 15.3 Å². The number of benzene rings is 1. The van der Waals surface area contributed by atoms with Crippen LogP contribution in [0, 0.1) is 0 Å². The summed E-state index contributed by atoms with van der Waals surface area (Å²) < 4.78 is 26.8. The Kier molecular flexibility index (Phi) is 4.26. The van der Waals surface area contributed by atoms with E-state index in [1.54, 1.807) is 6.07 Å². The van der Waals surface area contributed by atoms with E-state index >= 15 is 0 Å². The summed E-state index contributed by atoms with van der Waals surface area (Å²) in [6, 6.07) is 4.50. The first kappa shape index (κ1) is 14.8. The maximum absolute atomic E-state index is 12.1. The molecular weight excluding hydrogens is 280 g/mol. The van der Waals surface area contributed by atoms with Gasteiger partial charge in [-0.15, -0.1) is 0 Å². The van der Waals surface area contributed by atoms with Gasteiger partial charge in [0.05, 0.1) is 36.6 Å². The van der Waals surface area contributed by atoms with Gasteiger partial charge >= 0.3 is 5.69 Å². The molecule has 2 aromatic rings. The van der Waals surface area contributed by atoms with E-state index in [1.165, 1.54) is 17.0 Å². The van der Waals surface area contributed by atoms with Crippen LogP contribution in [0.2, 0.25) is 0 Å². The normalized spacial score (nSPS) is 12.3. The molecule has 4 N–H and O–H groups in total. The zero-order valence-corrected chi connectivity index (χ0v) is 12.3. The summed E-state index contributed by atoms with van der Waals surface area (Å²) in [4.78, 5) is 17.7. The van der Waals surface area contributed by atoms with Crippen molar-refractivity contribution < 1.29 is 13.3 Å². The van der Waals surface area contributed by atoms with Crippen LogP contribution in [-0.4, -0.2) is 45.6 Å². The Hall–Kier alpha value is -1.64. The summed E-state index contributed by atoms with van der Waals surface area (Å²) >= 11 is 0. The minimum absolute atomic E-state index is 0.150. The minimum Gasteiger partial charge on any atom is -0.340 e. The highest BCUT2D eigenvalue weighted by Crippen LogP contribution is 2.14. The van der Waals surface area contributed by atoms with E-state index in [9.17, 15) is 13.2 Å². The summed E-state index contributed by atoms with van der Waals surface area (Å²) in [7, 11) is 0.501. The van der Waals surface area contributed by atoms with E-state index in [4.69, 9.17) is 0 Å². The number of H-pyrrole nitrogens is 2. The molecule has 0 aliphatic carbocycles. The third-order valence-corrected chi connectivity index (χ3v) is 4.40. The van der Waals surface area contributed by atoms with Crippen LogP contribution in [0.5, 0.6) is 0 Å². The van der Waals surface area contributed by atoms with Gasteiger partial charge in [-0.25, -0.2) is 17.9 Å². The van der Waals surface area contributed by atoms with Gasteiger partial charge in [-0.05, 0) is 18.2 Å². The van der Waals surface area contributed by atoms with Crippen molar-refractivity contribution in [3.05, 3.63) is 28.7 Å². The number of aromatic amines is 2. The number of fused-ring (bicyclic) bond motifs is 1. The number of imidazole rings is 1. The quantitative estimate of drug-likeness (QED) is 0.497. The number of aromatic nitrogens is 2. The molecule has 0 atom stereocenters. The molecule has 0 bridgehead atoms. The SMILES string of the molecule is C[NH+](C)CCCNS(=O)(=O)c1ccc2[nH]c(=O)[nH]c2c1. The number of hydrogen-bond acceptors (Lipinski definition) is 3. The average Bonchev–Trinajstić information content (AvgIpc) is 2.73. The molecule has 110 valence electrons. The first-order chi connectivity index (χ1) is 9.38. The highest BCUT2D eigenvalue weighted by molar-refractivity contribution is 7.89. The fraction of sp³-hybridized carbons (Fsp3) is 0.417. The molecule has 0 saturated heterocycles. The first-order valence-corrected chi connectivity index (χ1v) is 7.87. The van der Waals surface area contributed by atoms with Gasteiger partial charge in [0, 0.05) is 13.0 Å². The van der Waals surface area contributed by atoms with Crippen molar-refractivity contribution in [2.45, 2.75) is 11.3 Å². The molecule has 0 aliphatic rings. The molecule has 1 aromatic heterocycles. The summed E-state index contributed by atoms with van der Waals surface area (Å²) in [5, 5.41) is 0. The number of quaternary nitrogens is 1. The molecule has 0 spiro atoms. The molecule has 1 heterocycles. The average molecular weight is 299 g/mol. The van der Waals surface area contributed by atoms with Crippen LogP contribution in [0.4, 0.5) is 0 Å². The molecule has 0 fully saturated rings. The van der Waals surface area contributed by atoms with E-state index < -0.39 is 10.0 Å². The zero-order chi connectivity index (χ0) is 14.8. The highest BCUT2D eigenvalue weighted by atomic mass is 32.2. The Bertz CT molecular complexity index is 745. The highest BCUT2D eigenvalue weighted by Gasteiger charge is 2.14. The second-order valence-electron chi connectivity index (χ2n) is 4.99. The van der Waals surface area contributed by atoms with Crippen LogP contribution in [0.3, 0.4) is 0 Å². The summed E-state index contributed by atoms with van der Waals surface area (Å²) in [5.74, 6) is 0. The van der Waals surface area contributed by atoms with Crippen LogP contribution in [0.15, 0.2) is 27.9 Å². The van der Waals surface area contributed by atoms with Gasteiger partial charge in [0.25, 0.3) is 0 Å². The first-order valence-electron chi connectivity index (χ1n) is 6.39. The van der Waals surface area contributed by atoms with Crippen molar-refractivity contribution in [1.82, 2.24) is 14.7 Å². The predicted molar refractivity (Wildman–Crippen MR) is 76.4 cm³/mol. The molecule has 0 amide bonds. The summed E-state index contributed by atoms with van der Waals surface area (Å²) in [5.41, 5.74) is 0.720. The lowest BCUT2D eigenvalue weighted by Gasteiger charge is -2.09. The lowest BCUT2D eigenvalue weighted by Crippen LogP contribution is -3.05. The molecule has 2 rings (SSSR count). The van der Waals surface area contributed by atoms with Gasteiger partial charge < -0.3 is 14.9 Å². The topological polar surface area (TPSA) is 99.3 Å². The smallest absolute Gasteiger partial charge is 0.323 e. The maximum atomic E-state index is 12.1. The second kappa shape index (κ2) is 5.78. The Labute approximate surface area is 117 Å². The minimum atomic E-state index is -3.54. The molecule has 0 aliphatic heterocycles. The fourth-order valence-corrected chi connectivity index (χ4v) is 3.01. The zero-order valence-electron chi connectivity index (χ0n) is 11.5. The van der Waals surface area contributed by atoms with E-state index in [0.717, 1.165) is 13.0 Å². The summed E-state index contributed by atoms with van der Waals surface area (Å²) in [6.45, 7) is 1.29. The Morgan fingerprint density at radius 3 is 2.60 bits per heavy atom. The van der Waals surface area contributed by atoms with Gasteiger partial charge in [0.2, 0.25) is 10.0 Å². The van der Waals surface area contributed by atoms with Crippen LogP contribution in [0.1, 0.15) is 6.42 Å². The van der Waals surface area contributed by atoms with Crippen LogP contribution in [0.25, 0.3) is 11.0 Å². The molecule has 20 heavy (non-hydrogen) atoms. The van der Waals surface area contributed by atoms with Crippen molar-refractivity contribution in [3.8, 4) is 0 Å². The van der Waals surface area contributed by atoms with E-state index in [-0.39, 0.29) is 10.6 Å². The third kappa shape index (κ3) is 3.47. The van der Waals surface area contributed by atoms with Crippen molar-refractivity contribution in [2.75, 3.05) is 27.2 Å². The number of hydrogen-bond donors (Lipinski definition) is 4. The van der Waals surface area contributed by atoms with Crippen molar-refractivity contribution in [3.63, 3.8) is 0 Å². The maximum Gasteiger partial charge on any atom is 0.323 e. The van der Waals surface area contributed by atoms with Gasteiger partial charge in [-0.2, -0.15) is 0 Å². The lowest BCUT2D eigenvalue weighted by molar-refractivity contribution is -0.858. The Morgan fingerprint density at radius 2 is 1.90 bits per heavy atom.